The third-order valence-electron chi connectivity index (χ3n) is 2.63. The molecule has 1 heteroatoms. The van der Waals surface area contributed by atoms with Crippen molar-refractivity contribution in [1.82, 2.24) is 5.32 Å². The molecule has 0 aromatic carbocycles. The molecule has 66 valence electrons. The van der Waals surface area contributed by atoms with E-state index >= 15 is 0 Å². The lowest BCUT2D eigenvalue weighted by Crippen LogP contribution is -2.08. The molecular formula is C10H21N. The summed E-state index contributed by atoms with van der Waals surface area (Å²) in [5.41, 5.74) is 0. The first kappa shape index (κ1) is 9.05. The van der Waals surface area contributed by atoms with E-state index in [4.69, 9.17) is 0 Å². The molecule has 2 rings (SSSR count). The van der Waals surface area contributed by atoms with Gasteiger partial charge >= 0.3 is 0 Å². The van der Waals surface area contributed by atoms with Gasteiger partial charge in [0.15, 0.2) is 0 Å². The fourth-order valence-electron chi connectivity index (χ4n) is 2.11. The van der Waals surface area contributed by atoms with Crippen molar-refractivity contribution in [2.24, 2.45) is 11.8 Å². The Kier molecular flexibility index (Phi) is 3.92. The van der Waals surface area contributed by atoms with Crippen molar-refractivity contribution in [3.63, 3.8) is 0 Å². The van der Waals surface area contributed by atoms with Crippen LogP contribution in [0.3, 0.4) is 0 Å². The summed E-state index contributed by atoms with van der Waals surface area (Å²) in [5.74, 6) is 2.13. The van der Waals surface area contributed by atoms with Crippen LogP contribution in [-0.2, 0) is 0 Å². The van der Waals surface area contributed by atoms with E-state index in [0.717, 1.165) is 11.8 Å². The largest absolute Gasteiger partial charge is 0.316 e. The van der Waals surface area contributed by atoms with Crippen LogP contribution in [-0.4, -0.2) is 13.1 Å². The molecule has 1 saturated heterocycles. The highest BCUT2D eigenvalue weighted by Gasteiger charge is 2.30. The minimum absolute atomic E-state index is 1.06. The second-order valence-corrected chi connectivity index (χ2v) is 3.82. The van der Waals surface area contributed by atoms with Gasteiger partial charge < -0.3 is 5.32 Å². The Labute approximate surface area is 70.6 Å². The lowest BCUT2D eigenvalue weighted by Gasteiger charge is -2.02. The molecular weight excluding hydrogens is 134 g/mol. The van der Waals surface area contributed by atoms with Crippen LogP contribution in [0.25, 0.3) is 0 Å². The third kappa shape index (κ3) is 2.48. The molecule has 1 saturated carbocycles. The molecule has 2 fully saturated rings. The maximum atomic E-state index is 3.42. The van der Waals surface area contributed by atoms with Crippen molar-refractivity contribution in [3.8, 4) is 0 Å². The van der Waals surface area contributed by atoms with Crippen LogP contribution in [0.5, 0.6) is 0 Å². The predicted octanol–water partition coefficient (Wildman–Crippen LogP) is 2.42. The van der Waals surface area contributed by atoms with Crippen molar-refractivity contribution in [2.45, 2.75) is 39.5 Å². The normalized spacial score (nSPS) is 34.4. The van der Waals surface area contributed by atoms with Crippen LogP contribution < -0.4 is 5.32 Å². The van der Waals surface area contributed by atoms with Gasteiger partial charge in [0, 0.05) is 0 Å². The van der Waals surface area contributed by atoms with Crippen molar-refractivity contribution < 1.29 is 0 Å². The van der Waals surface area contributed by atoms with Crippen LogP contribution in [0.4, 0.5) is 0 Å². The summed E-state index contributed by atoms with van der Waals surface area (Å²) < 4.78 is 0. The van der Waals surface area contributed by atoms with Gasteiger partial charge in [-0.25, -0.2) is 0 Å². The molecule has 0 aromatic heterocycles. The number of fused-ring (bicyclic) bond motifs is 1. The molecule has 1 aliphatic heterocycles. The predicted molar refractivity (Wildman–Crippen MR) is 49.7 cm³/mol. The lowest BCUT2D eigenvalue weighted by atomic mass is 10.0. The summed E-state index contributed by atoms with van der Waals surface area (Å²) in [6, 6.07) is 0. The van der Waals surface area contributed by atoms with Gasteiger partial charge in [0.25, 0.3) is 0 Å². The average molecular weight is 155 g/mol. The van der Waals surface area contributed by atoms with E-state index < -0.39 is 0 Å². The first-order valence-electron chi connectivity index (χ1n) is 5.09. The SMILES string of the molecule is C1C[C@@H]2CNC[C@@H]2C1.CCC. The van der Waals surface area contributed by atoms with E-state index in [1.54, 1.807) is 0 Å². The molecule has 0 bridgehead atoms. The smallest absolute Gasteiger partial charge is 0.00173 e. The number of nitrogens with one attached hydrogen (secondary N) is 1. The minimum Gasteiger partial charge on any atom is -0.316 e. The van der Waals surface area contributed by atoms with Gasteiger partial charge in [-0.05, 0) is 37.8 Å². The molecule has 0 radical (unpaired) electrons. The Bertz CT molecular complexity index is 81.0. The van der Waals surface area contributed by atoms with Crippen LogP contribution >= 0.6 is 0 Å². The van der Waals surface area contributed by atoms with E-state index in [1.165, 1.54) is 38.8 Å². The average Bonchev–Trinajstić information content (AvgIpc) is 2.44. The molecule has 1 N–H and O–H groups in total. The van der Waals surface area contributed by atoms with Gasteiger partial charge in [0.1, 0.15) is 0 Å². The van der Waals surface area contributed by atoms with Crippen molar-refractivity contribution in [1.29, 1.82) is 0 Å². The molecule has 2 atom stereocenters. The number of rotatable bonds is 0. The summed E-state index contributed by atoms with van der Waals surface area (Å²) >= 11 is 0. The molecule has 1 aliphatic carbocycles. The fourth-order valence-corrected chi connectivity index (χ4v) is 2.11. The number of hydrogen-bond acceptors (Lipinski definition) is 1. The van der Waals surface area contributed by atoms with Gasteiger partial charge in [-0.15, -0.1) is 0 Å². The summed E-state index contributed by atoms with van der Waals surface area (Å²) in [7, 11) is 0. The molecule has 0 spiro atoms. The Hall–Kier alpha value is -0.0400. The maximum Gasteiger partial charge on any atom is -0.00173 e. The summed E-state index contributed by atoms with van der Waals surface area (Å²) in [6.45, 7) is 6.87. The Morgan fingerprint density at radius 3 is 2.00 bits per heavy atom. The van der Waals surface area contributed by atoms with Crippen molar-refractivity contribution >= 4 is 0 Å². The molecule has 0 unspecified atom stereocenters. The fraction of sp³-hybridized carbons (Fsp3) is 1.00. The van der Waals surface area contributed by atoms with E-state index in [2.05, 4.69) is 19.2 Å². The topological polar surface area (TPSA) is 12.0 Å². The van der Waals surface area contributed by atoms with Gasteiger partial charge in [-0.3, -0.25) is 0 Å². The standard InChI is InChI=1S/C7H13N.C3H8/c1-2-6-4-8-5-7(6)3-1;1-3-2/h6-8H,1-5H2;3H2,1-2H3/t6-,7+;. The van der Waals surface area contributed by atoms with E-state index in [9.17, 15) is 0 Å². The Balaban J connectivity index is 0.000000179. The molecule has 2 aliphatic rings. The molecule has 11 heavy (non-hydrogen) atoms. The van der Waals surface area contributed by atoms with Gasteiger partial charge in [-0.1, -0.05) is 26.7 Å². The van der Waals surface area contributed by atoms with Gasteiger partial charge in [0.05, 0.1) is 0 Å². The first-order chi connectivity index (χ1) is 5.38. The zero-order valence-corrected chi connectivity index (χ0v) is 7.90. The Morgan fingerprint density at radius 1 is 1.09 bits per heavy atom. The van der Waals surface area contributed by atoms with Crippen LogP contribution in [0.2, 0.25) is 0 Å². The summed E-state index contributed by atoms with van der Waals surface area (Å²) in [6.07, 6.45) is 5.74. The quantitative estimate of drug-likeness (QED) is 0.566. The minimum atomic E-state index is 1.06. The zero-order valence-electron chi connectivity index (χ0n) is 7.90. The van der Waals surface area contributed by atoms with Gasteiger partial charge in [-0.2, -0.15) is 0 Å². The third-order valence-corrected chi connectivity index (χ3v) is 2.63. The highest BCUT2D eigenvalue weighted by molar-refractivity contribution is 4.85. The monoisotopic (exact) mass is 155 g/mol. The highest BCUT2D eigenvalue weighted by Crippen LogP contribution is 2.33. The molecule has 0 aromatic rings. The van der Waals surface area contributed by atoms with E-state index in [1.807, 2.05) is 0 Å². The first-order valence-corrected chi connectivity index (χ1v) is 5.09. The second-order valence-electron chi connectivity index (χ2n) is 3.82. The zero-order chi connectivity index (χ0) is 8.10. The highest BCUT2D eigenvalue weighted by atomic mass is 14.9. The molecule has 1 heterocycles. The molecule has 1 nitrogen and oxygen atoms in total. The van der Waals surface area contributed by atoms with Crippen LogP contribution in [0, 0.1) is 11.8 Å². The van der Waals surface area contributed by atoms with Crippen molar-refractivity contribution in [2.75, 3.05) is 13.1 Å². The van der Waals surface area contributed by atoms with Crippen molar-refractivity contribution in [3.05, 3.63) is 0 Å². The number of hydrogen-bond donors (Lipinski definition) is 1. The van der Waals surface area contributed by atoms with E-state index in [0.29, 0.717) is 0 Å². The molecule has 0 amide bonds. The summed E-state index contributed by atoms with van der Waals surface area (Å²) in [5, 5.41) is 3.42. The van der Waals surface area contributed by atoms with Crippen LogP contribution in [0.1, 0.15) is 39.5 Å². The maximum absolute atomic E-state index is 3.42. The van der Waals surface area contributed by atoms with E-state index in [-0.39, 0.29) is 0 Å². The second kappa shape index (κ2) is 4.76. The van der Waals surface area contributed by atoms with Crippen LogP contribution in [0.15, 0.2) is 0 Å². The lowest BCUT2D eigenvalue weighted by molar-refractivity contribution is 0.494. The van der Waals surface area contributed by atoms with Gasteiger partial charge in [0.2, 0.25) is 0 Å². The Morgan fingerprint density at radius 2 is 1.55 bits per heavy atom. The summed E-state index contributed by atoms with van der Waals surface area (Å²) in [4.78, 5) is 0.